The van der Waals surface area contributed by atoms with Crippen molar-refractivity contribution < 1.29 is 9.59 Å². The topological polar surface area (TPSA) is 60.2 Å². The first-order chi connectivity index (χ1) is 4.76. The lowest BCUT2D eigenvalue weighted by atomic mass is 9.88. The Labute approximate surface area is 70.9 Å². The third-order valence-corrected chi connectivity index (χ3v) is 1.63. The van der Waals surface area contributed by atoms with E-state index in [0.29, 0.717) is 0 Å². The number of carbonyl (C=O) groups excluding carboxylic acids is 2. The Hall–Kier alpha value is -0.570. The lowest BCUT2D eigenvalue weighted by Gasteiger charge is -2.18. The quantitative estimate of drug-likeness (QED) is 0.499. The van der Waals surface area contributed by atoms with Crippen LogP contribution >= 0.6 is 11.6 Å². The second kappa shape index (κ2) is 3.22. The number of carbonyl (C=O) groups is 2. The molecule has 4 heteroatoms. The molecule has 1 unspecified atom stereocenters. The Morgan fingerprint density at radius 1 is 1.36 bits per heavy atom. The standard InChI is InChI=1S/C7H12ClNO2/c1-7(2,3)5(10)4(8)6(9)11/h4H,1-3H3,(H2,9,11). The summed E-state index contributed by atoms with van der Waals surface area (Å²) < 4.78 is 0. The molecular formula is C7H12ClNO2. The first-order valence-corrected chi connectivity index (χ1v) is 3.68. The van der Waals surface area contributed by atoms with Crippen LogP contribution in [0.5, 0.6) is 0 Å². The highest BCUT2D eigenvalue weighted by Gasteiger charge is 2.31. The molecule has 0 bridgehead atoms. The Bertz CT molecular complexity index is 183. The SMILES string of the molecule is CC(C)(C)C(=O)C(Cl)C(N)=O. The first kappa shape index (κ1) is 10.4. The molecule has 0 aromatic carbocycles. The molecule has 2 N–H and O–H groups in total. The zero-order chi connectivity index (χ0) is 9.23. The number of ketones is 1. The minimum Gasteiger partial charge on any atom is -0.368 e. The highest BCUT2D eigenvalue weighted by atomic mass is 35.5. The number of primary amides is 1. The summed E-state index contributed by atoms with van der Waals surface area (Å²) in [4.78, 5) is 21.6. The van der Waals surface area contributed by atoms with Crippen molar-refractivity contribution in [3.05, 3.63) is 0 Å². The lowest BCUT2D eigenvalue weighted by Crippen LogP contribution is -2.38. The molecule has 3 nitrogen and oxygen atoms in total. The van der Waals surface area contributed by atoms with Crippen LogP contribution in [0.4, 0.5) is 0 Å². The van der Waals surface area contributed by atoms with E-state index in [1.807, 2.05) is 0 Å². The highest BCUT2D eigenvalue weighted by molar-refractivity contribution is 6.42. The summed E-state index contributed by atoms with van der Waals surface area (Å²) in [6.07, 6.45) is 0. The monoisotopic (exact) mass is 177 g/mol. The molecule has 0 aliphatic heterocycles. The maximum atomic E-state index is 11.2. The molecule has 0 aliphatic rings. The number of rotatable bonds is 2. The molecule has 64 valence electrons. The maximum Gasteiger partial charge on any atom is 0.243 e. The molecule has 0 aromatic rings. The van der Waals surface area contributed by atoms with Gasteiger partial charge in [0.25, 0.3) is 0 Å². The van der Waals surface area contributed by atoms with Gasteiger partial charge in [0.1, 0.15) is 0 Å². The van der Waals surface area contributed by atoms with Crippen LogP contribution in [0.2, 0.25) is 0 Å². The highest BCUT2D eigenvalue weighted by Crippen LogP contribution is 2.19. The molecule has 0 aliphatic carbocycles. The van der Waals surface area contributed by atoms with Gasteiger partial charge in [0.15, 0.2) is 11.2 Å². The summed E-state index contributed by atoms with van der Waals surface area (Å²) in [5.41, 5.74) is 4.23. The Kier molecular flexibility index (Phi) is 3.05. The van der Waals surface area contributed by atoms with E-state index in [0.717, 1.165) is 0 Å². The van der Waals surface area contributed by atoms with Crippen LogP contribution < -0.4 is 5.73 Å². The van der Waals surface area contributed by atoms with Crippen molar-refractivity contribution in [2.45, 2.75) is 26.1 Å². The number of halogens is 1. The van der Waals surface area contributed by atoms with Gasteiger partial charge in [0.05, 0.1) is 0 Å². The van der Waals surface area contributed by atoms with Crippen LogP contribution in [0.1, 0.15) is 20.8 Å². The average Bonchev–Trinajstić information content (AvgIpc) is 1.82. The summed E-state index contributed by atoms with van der Waals surface area (Å²) in [6, 6.07) is 0. The number of nitrogens with two attached hydrogens (primary N) is 1. The van der Waals surface area contributed by atoms with Gasteiger partial charge in [-0.25, -0.2) is 0 Å². The third kappa shape index (κ3) is 2.89. The average molecular weight is 178 g/mol. The number of hydrogen-bond acceptors (Lipinski definition) is 2. The molecule has 0 rings (SSSR count). The largest absolute Gasteiger partial charge is 0.368 e. The van der Waals surface area contributed by atoms with E-state index in [4.69, 9.17) is 17.3 Å². The Morgan fingerprint density at radius 2 is 1.73 bits per heavy atom. The molecule has 0 fully saturated rings. The van der Waals surface area contributed by atoms with E-state index in [-0.39, 0.29) is 5.78 Å². The van der Waals surface area contributed by atoms with E-state index in [9.17, 15) is 9.59 Å². The van der Waals surface area contributed by atoms with E-state index in [1.165, 1.54) is 0 Å². The van der Waals surface area contributed by atoms with Crippen molar-refractivity contribution in [2.24, 2.45) is 11.1 Å². The first-order valence-electron chi connectivity index (χ1n) is 3.24. The second-order valence-corrected chi connectivity index (χ2v) is 3.82. The van der Waals surface area contributed by atoms with Crippen LogP contribution in [-0.2, 0) is 9.59 Å². The van der Waals surface area contributed by atoms with E-state index < -0.39 is 16.7 Å². The summed E-state index contributed by atoms with van der Waals surface area (Å²) >= 11 is 5.43. The van der Waals surface area contributed by atoms with Gasteiger partial charge >= 0.3 is 0 Å². The van der Waals surface area contributed by atoms with Gasteiger partial charge in [0.2, 0.25) is 5.91 Å². The number of amides is 1. The van der Waals surface area contributed by atoms with Gasteiger partial charge in [-0.2, -0.15) is 0 Å². The van der Waals surface area contributed by atoms with Crippen molar-refractivity contribution in [3.8, 4) is 0 Å². The van der Waals surface area contributed by atoms with Crippen LogP contribution in [0, 0.1) is 5.41 Å². The molecule has 0 heterocycles. The Balaban J connectivity index is 4.39. The van der Waals surface area contributed by atoms with Crippen LogP contribution in [0.3, 0.4) is 0 Å². The smallest absolute Gasteiger partial charge is 0.243 e. The predicted molar refractivity (Wildman–Crippen MR) is 43.3 cm³/mol. The van der Waals surface area contributed by atoms with Crippen molar-refractivity contribution in [1.82, 2.24) is 0 Å². The zero-order valence-electron chi connectivity index (χ0n) is 6.85. The zero-order valence-corrected chi connectivity index (χ0v) is 7.61. The van der Waals surface area contributed by atoms with Gasteiger partial charge in [-0.3, -0.25) is 9.59 Å². The van der Waals surface area contributed by atoms with Gasteiger partial charge in [-0.15, -0.1) is 11.6 Å². The molecule has 0 saturated carbocycles. The van der Waals surface area contributed by atoms with E-state index >= 15 is 0 Å². The minimum absolute atomic E-state index is 0.341. The van der Waals surface area contributed by atoms with Crippen LogP contribution in [0.15, 0.2) is 0 Å². The van der Waals surface area contributed by atoms with Crippen molar-refractivity contribution in [1.29, 1.82) is 0 Å². The van der Waals surface area contributed by atoms with Crippen LogP contribution in [0.25, 0.3) is 0 Å². The normalized spacial score (nSPS) is 14.2. The lowest BCUT2D eigenvalue weighted by molar-refractivity contribution is -0.130. The minimum atomic E-state index is -1.20. The summed E-state index contributed by atoms with van der Waals surface area (Å²) in [5.74, 6) is -1.13. The molecule has 0 spiro atoms. The second-order valence-electron chi connectivity index (χ2n) is 3.38. The fourth-order valence-corrected chi connectivity index (χ4v) is 0.837. The van der Waals surface area contributed by atoms with Crippen molar-refractivity contribution in [3.63, 3.8) is 0 Å². The van der Waals surface area contributed by atoms with Gasteiger partial charge < -0.3 is 5.73 Å². The third-order valence-electron chi connectivity index (χ3n) is 1.22. The number of alkyl halides is 1. The van der Waals surface area contributed by atoms with Crippen LogP contribution in [-0.4, -0.2) is 17.1 Å². The molecule has 0 radical (unpaired) electrons. The summed E-state index contributed by atoms with van der Waals surface area (Å²) in [7, 11) is 0. The Morgan fingerprint density at radius 3 is 1.82 bits per heavy atom. The van der Waals surface area contributed by atoms with E-state index in [2.05, 4.69) is 0 Å². The maximum absolute atomic E-state index is 11.2. The summed E-state index contributed by atoms with van der Waals surface area (Å²) in [6.45, 7) is 5.06. The summed E-state index contributed by atoms with van der Waals surface area (Å²) in [5, 5.41) is -1.20. The predicted octanol–water partition coefficient (Wildman–Crippen LogP) is 0.694. The molecule has 0 saturated heterocycles. The molecular weight excluding hydrogens is 166 g/mol. The van der Waals surface area contributed by atoms with Crippen molar-refractivity contribution >= 4 is 23.3 Å². The molecule has 0 aromatic heterocycles. The van der Waals surface area contributed by atoms with Gasteiger partial charge in [-0.1, -0.05) is 20.8 Å². The molecule has 1 amide bonds. The van der Waals surface area contributed by atoms with Crippen molar-refractivity contribution in [2.75, 3.05) is 0 Å². The number of hydrogen-bond donors (Lipinski definition) is 1. The van der Waals surface area contributed by atoms with Gasteiger partial charge in [0, 0.05) is 5.41 Å². The van der Waals surface area contributed by atoms with E-state index in [1.54, 1.807) is 20.8 Å². The fourth-order valence-electron chi connectivity index (χ4n) is 0.509. The number of Topliss-reactive ketones (excluding diaryl/α,β-unsaturated/α-hetero) is 1. The molecule has 1 atom stereocenters. The fraction of sp³-hybridized carbons (Fsp3) is 0.714. The molecule has 11 heavy (non-hydrogen) atoms. The van der Waals surface area contributed by atoms with Gasteiger partial charge in [-0.05, 0) is 0 Å².